The van der Waals surface area contributed by atoms with Crippen molar-refractivity contribution in [3.63, 3.8) is 0 Å². The zero-order valence-corrected chi connectivity index (χ0v) is 9.57. The van der Waals surface area contributed by atoms with Gasteiger partial charge in [0.2, 0.25) is 0 Å². The van der Waals surface area contributed by atoms with Gasteiger partial charge in [-0.25, -0.2) is 4.79 Å². The van der Waals surface area contributed by atoms with E-state index in [0.29, 0.717) is 0 Å². The van der Waals surface area contributed by atoms with Crippen molar-refractivity contribution in [2.75, 3.05) is 13.2 Å². The molecule has 0 amide bonds. The molecular weight excluding hydrogens is 244 g/mol. The Hall–Kier alpha value is -1.44. The van der Waals surface area contributed by atoms with Crippen molar-refractivity contribution in [2.45, 2.75) is 30.8 Å². The van der Waals surface area contributed by atoms with Gasteiger partial charge < -0.3 is 24.4 Å². The Labute approximate surface area is 103 Å². The summed E-state index contributed by atoms with van der Waals surface area (Å²) in [6.07, 6.45) is -2.81. The minimum absolute atomic E-state index is 0.123. The Morgan fingerprint density at radius 2 is 1.94 bits per heavy atom. The molecule has 0 aromatic rings. The van der Waals surface area contributed by atoms with Crippen LogP contribution in [0.1, 0.15) is 6.42 Å². The highest BCUT2D eigenvalue weighted by molar-refractivity contribution is 5.92. The van der Waals surface area contributed by atoms with E-state index in [4.69, 9.17) is 19.3 Å². The van der Waals surface area contributed by atoms with Crippen LogP contribution in [0.2, 0.25) is 0 Å². The molecule has 2 fully saturated rings. The molecule has 2 rings (SSSR count). The molecule has 4 atom stereocenters. The molecule has 2 aliphatic heterocycles. The summed E-state index contributed by atoms with van der Waals surface area (Å²) in [4.78, 5) is 22.0. The number of aliphatic hydroxyl groups is 1. The first-order chi connectivity index (χ1) is 8.49. The van der Waals surface area contributed by atoms with Crippen LogP contribution in [0.5, 0.6) is 0 Å². The van der Waals surface area contributed by atoms with Crippen LogP contribution < -0.4 is 0 Å². The molecule has 100 valence electrons. The van der Waals surface area contributed by atoms with E-state index in [1.165, 1.54) is 0 Å². The minimum atomic E-state index is -1.15. The molecule has 0 saturated carbocycles. The van der Waals surface area contributed by atoms with Crippen molar-refractivity contribution in [2.24, 2.45) is 0 Å². The normalized spacial score (nSPS) is 34.1. The molecule has 7 nitrogen and oxygen atoms in total. The van der Waals surface area contributed by atoms with E-state index in [1.807, 2.05) is 0 Å². The lowest BCUT2D eigenvalue weighted by molar-refractivity contribution is -0.150. The van der Waals surface area contributed by atoms with E-state index in [1.54, 1.807) is 0 Å². The third-order valence-electron chi connectivity index (χ3n) is 2.89. The fourth-order valence-electron chi connectivity index (χ4n) is 2.02. The molecule has 2 heterocycles. The summed E-state index contributed by atoms with van der Waals surface area (Å²) in [5, 5.41) is 18.0. The number of carboxylic acids is 1. The summed E-state index contributed by atoms with van der Waals surface area (Å²) in [7, 11) is 0. The first-order valence-corrected chi connectivity index (χ1v) is 5.51. The highest BCUT2D eigenvalue weighted by atomic mass is 16.6. The lowest BCUT2D eigenvalue weighted by atomic mass is 10.1. The lowest BCUT2D eigenvalue weighted by Gasteiger charge is -2.16. The molecular formula is C11H14O7. The van der Waals surface area contributed by atoms with Crippen LogP contribution >= 0.6 is 0 Å². The number of carboxylic acid groups (broad SMARTS) is 1. The maximum Gasteiger partial charge on any atom is 0.334 e. The smallest absolute Gasteiger partial charge is 0.334 e. The number of aliphatic carboxylic acids is 1. The number of fused-ring (bicyclic) bond motifs is 1. The molecule has 2 aliphatic rings. The number of hydrogen-bond acceptors (Lipinski definition) is 6. The molecule has 0 radical (unpaired) electrons. The molecule has 2 N–H and O–H groups in total. The van der Waals surface area contributed by atoms with E-state index in [-0.39, 0.29) is 18.8 Å². The number of aliphatic hydroxyl groups excluding tert-OH is 1. The highest BCUT2D eigenvalue weighted by Crippen LogP contribution is 2.29. The molecule has 0 aliphatic carbocycles. The molecule has 0 spiro atoms. The van der Waals surface area contributed by atoms with Crippen LogP contribution in [0, 0.1) is 0 Å². The third kappa shape index (κ3) is 2.53. The van der Waals surface area contributed by atoms with Crippen LogP contribution in [0.4, 0.5) is 0 Å². The average Bonchev–Trinajstić information content (AvgIpc) is 2.83. The van der Waals surface area contributed by atoms with Gasteiger partial charge in [0.25, 0.3) is 0 Å². The van der Waals surface area contributed by atoms with Gasteiger partial charge in [-0.3, -0.25) is 4.79 Å². The van der Waals surface area contributed by atoms with Crippen molar-refractivity contribution in [1.29, 1.82) is 0 Å². The van der Waals surface area contributed by atoms with Gasteiger partial charge in [-0.1, -0.05) is 6.58 Å². The summed E-state index contributed by atoms with van der Waals surface area (Å²) < 4.78 is 15.6. The largest absolute Gasteiger partial charge is 0.481 e. The van der Waals surface area contributed by atoms with Crippen molar-refractivity contribution in [3.8, 4) is 0 Å². The summed E-state index contributed by atoms with van der Waals surface area (Å²) in [6.45, 7) is 3.61. The third-order valence-corrected chi connectivity index (χ3v) is 2.89. The van der Waals surface area contributed by atoms with Gasteiger partial charge in [-0.15, -0.1) is 0 Å². The van der Waals surface area contributed by atoms with Crippen molar-refractivity contribution < 1.29 is 34.0 Å². The second-order valence-corrected chi connectivity index (χ2v) is 4.28. The first-order valence-electron chi connectivity index (χ1n) is 5.51. The summed E-state index contributed by atoms with van der Waals surface area (Å²) >= 11 is 0. The van der Waals surface area contributed by atoms with Crippen LogP contribution in [-0.2, 0) is 23.8 Å². The predicted molar refractivity (Wildman–Crippen MR) is 56.8 cm³/mol. The second kappa shape index (κ2) is 5.05. The van der Waals surface area contributed by atoms with Gasteiger partial charge in [-0.05, 0) is 0 Å². The monoisotopic (exact) mass is 258 g/mol. The Morgan fingerprint density at radius 3 is 2.61 bits per heavy atom. The minimum Gasteiger partial charge on any atom is -0.481 e. The summed E-state index contributed by atoms with van der Waals surface area (Å²) in [6, 6.07) is 0. The Kier molecular flexibility index (Phi) is 3.65. The number of rotatable bonds is 4. The highest BCUT2D eigenvalue weighted by Gasteiger charge is 2.49. The zero-order valence-electron chi connectivity index (χ0n) is 9.57. The van der Waals surface area contributed by atoms with Gasteiger partial charge in [0.1, 0.15) is 18.3 Å². The fourth-order valence-corrected chi connectivity index (χ4v) is 2.02. The van der Waals surface area contributed by atoms with E-state index in [0.717, 1.165) is 0 Å². The van der Waals surface area contributed by atoms with Gasteiger partial charge in [-0.2, -0.15) is 0 Å². The number of carbonyl (C=O) groups excluding carboxylic acids is 1. The summed E-state index contributed by atoms with van der Waals surface area (Å²) in [5.74, 6) is -1.93. The standard InChI is InChI=1S/C11H14O7/c1-5(2-8(13)14)11(15)18-7-4-17-9-6(12)3-16-10(7)9/h6-7,9-10,12H,1-4H2,(H,13,14)/t6-,7+,9-,10-/m1/s1. The van der Waals surface area contributed by atoms with Gasteiger partial charge >= 0.3 is 11.9 Å². The van der Waals surface area contributed by atoms with E-state index < -0.39 is 42.8 Å². The van der Waals surface area contributed by atoms with E-state index in [2.05, 4.69) is 6.58 Å². The van der Waals surface area contributed by atoms with Crippen molar-refractivity contribution in [1.82, 2.24) is 0 Å². The molecule has 0 unspecified atom stereocenters. The SMILES string of the molecule is C=C(CC(=O)O)C(=O)O[C@H]1CO[C@H]2[C@@H]1OC[C@H]2O. The molecule has 7 heteroatoms. The number of hydrogen-bond donors (Lipinski definition) is 2. The molecule has 18 heavy (non-hydrogen) atoms. The fraction of sp³-hybridized carbons (Fsp3) is 0.636. The van der Waals surface area contributed by atoms with Crippen molar-refractivity contribution in [3.05, 3.63) is 12.2 Å². The Morgan fingerprint density at radius 1 is 1.28 bits per heavy atom. The van der Waals surface area contributed by atoms with Crippen LogP contribution in [-0.4, -0.2) is 59.8 Å². The summed E-state index contributed by atoms with van der Waals surface area (Å²) in [5.41, 5.74) is -0.135. The average molecular weight is 258 g/mol. The topological polar surface area (TPSA) is 102 Å². The number of carbonyl (C=O) groups is 2. The number of ether oxygens (including phenoxy) is 3. The Bertz CT molecular complexity index is 378. The van der Waals surface area contributed by atoms with E-state index >= 15 is 0 Å². The van der Waals surface area contributed by atoms with Crippen LogP contribution in [0.3, 0.4) is 0 Å². The first kappa shape index (κ1) is 13.0. The van der Waals surface area contributed by atoms with Crippen LogP contribution in [0.15, 0.2) is 12.2 Å². The van der Waals surface area contributed by atoms with Crippen LogP contribution in [0.25, 0.3) is 0 Å². The molecule has 0 aromatic carbocycles. The van der Waals surface area contributed by atoms with Gasteiger partial charge in [0.15, 0.2) is 6.10 Å². The number of esters is 1. The maximum atomic E-state index is 11.5. The molecule has 0 bridgehead atoms. The zero-order chi connectivity index (χ0) is 13.3. The van der Waals surface area contributed by atoms with Gasteiger partial charge in [0.05, 0.1) is 19.6 Å². The predicted octanol–water partition coefficient (Wildman–Crippen LogP) is -0.912. The Balaban J connectivity index is 1.89. The maximum absolute atomic E-state index is 11.5. The second-order valence-electron chi connectivity index (χ2n) is 4.28. The van der Waals surface area contributed by atoms with E-state index in [9.17, 15) is 14.7 Å². The quantitative estimate of drug-likeness (QED) is 0.497. The van der Waals surface area contributed by atoms with Gasteiger partial charge in [0, 0.05) is 5.57 Å². The molecule has 2 saturated heterocycles. The molecule has 0 aromatic heterocycles. The lowest BCUT2D eigenvalue weighted by Crippen LogP contribution is -2.34. The van der Waals surface area contributed by atoms with Crippen molar-refractivity contribution >= 4 is 11.9 Å².